The molecule has 0 saturated carbocycles. The van der Waals surface area contributed by atoms with Gasteiger partial charge in [-0.1, -0.05) is 292 Å². The average Bonchev–Trinajstić information content (AvgIpc) is 3.49. The predicted molar refractivity (Wildman–Crippen MR) is 329 cm³/mol. The molecule has 0 bridgehead atoms. The predicted octanol–water partition coefficient (Wildman–Crippen LogP) is 18.3. The van der Waals surface area contributed by atoms with Gasteiger partial charge in [0.25, 0.3) is 0 Å². The molecule has 10 aromatic carbocycles. The minimum Gasteiger partial charge on any atom is -0.207 e. The maximum absolute atomic E-state index is 11.9. The fourth-order valence-electron chi connectivity index (χ4n) is 5.58. The second-order valence-electron chi connectivity index (χ2n) is 18.4. The van der Waals surface area contributed by atoms with Gasteiger partial charge in [-0.2, -0.15) is 15.8 Å². The molecule has 10 aromatic rings. The summed E-state index contributed by atoms with van der Waals surface area (Å²) in [4.78, 5) is 0. The van der Waals surface area contributed by atoms with Crippen molar-refractivity contribution < 1.29 is 13.2 Å². The van der Waals surface area contributed by atoms with Crippen LogP contribution in [0, 0.1) is 58.4 Å². The second kappa shape index (κ2) is 43.2. The first-order valence-corrected chi connectivity index (χ1v) is 32.2. The zero-order chi connectivity index (χ0) is 57.4. The summed E-state index contributed by atoms with van der Waals surface area (Å²) in [5, 5.41) is 27.9. The van der Waals surface area contributed by atoms with Crippen LogP contribution in [0.25, 0.3) is 0 Å². The Labute approximate surface area is 466 Å². The molecule has 0 saturated heterocycles. The number of aryl methyl sites for hydroxylation is 1. The Morgan fingerprint density at radius 2 is 0.397 bits per heavy atom. The summed E-state index contributed by atoms with van der Waals surface area (Å²) in [5.74, 6) is -0.535. The lowest BCUT2D eigenvalue weighted by atomic mass is 10.2. The van der Waals surface area contributed by atoms with Gasteiger partial charge in [0, 0.05) is 0 Å². The topological polar surface area (TPSA) is 71.4 Å². The lowest BCUT2D eigenvalue weighted by Crippen LogP contribution is -2.37. The third-order valence-corrected chi connectivity index (χ3v) is 13.9. The largest absolute Gasteiger partial charge is 0.207 e. The van der Waals surface area contributed by atoms with E-state index < -0.39 is 16.1 Å². The molecule has 0 radical (unpaired) electrons. The number of benzene rings is 10. The van der Waals surface area contributed by atoms with E-state index in [1.165, 1.54) is 52.3 Å². The number of halogens is 3. The molecule has 78 heavy (non-hydrogen) atoms. The average molecular weight is 1070 g/mol. The lowest BCUT2D eigenvalue weighted by molar-refractivity contribution is 0.627. The summed E-state index contributed by atoms with van der Waals surface area (Å²) in [5.41, 5.74) is 3.47. The normalized spacial score (nSPS) is 9.12. The summed E-state index contributed by atoms with van der Waals surface area (Å²) in [7, 11) is -2.07. The van der Waals surface area contributed by atoms with Gasteiger partial charge < -0.3 is 0 Å². The van der Waals surface area contributed by atoms with Crippen molar-refractivity contribution >= 4 is 26.5 Å². The molecule has 0 aliphatic carbocycles. The molecule has 0 aromatic heterocycles. The summed E-state index contributed by atoms with van der Waals surface area (Å²) in [6.45, 7) is 16.3. The SMILES string of the molecule is C[Si](C)(C)c1ccccc1.C[Si](C)(C)c1ccccc1.Cc1ccccc1.Fc1ccccc1.Fc1ccccc1.Fc1ccccc1.N#Cc1ccccc1.N#Cc1ccccc1.N#Cc1ccccc1.c1ccccc1. The third-order valence-electron chi connectivity index (χ3n) is 9.79. The molecule has 0 unspecified atom stereocenters. The van der Waals surface area contributed by atoms with Gasteiger partial charge in [0.05, 0.1) is 51.0 Å². The number of nitrogens with zero attached hydrogens (tertiary/aromatic N) is 3. The fourth-order valence-corrected chi connectivity index (χ4v) is 7.96. The van der Waals surface area contributed by atoms with E-state index in [2.05, 4.69) is 119 Å². The summed E-state index contributed by atoms with van der Waals surface area (Å²) in [6.07, 6.45) is 0. The number of nitriles is 3. The Kier molecular flexibility index (Phi) is 37.0. The smallest absolute Gasteiger partial charge is 0.123 e. The maximum atomic E-state index is 11.9. The monoisotopic (exact) mass is 1070 g/mol. The van der Waals surface area contributed by atoms with Crippen molar-refractivity contribution in [2.45, 2.75) is 46.2 Å². The van der Waals surface area contributed by atoms with Gasteiger partial charge in [-0.3, -0.25) is 0 Å². The van der Waals surface area contributed by atoms with E-state index in [0.29, 0.717) is 16.7 Å². The summed E-state index contributed by atoms with van der Waals surface area (Å²) >= 11 is 0. The standard InChI is InChI=1S/2C9H14Si.3C7H5N.C7H8.3C6H5F.C6H6/c2*1-10(2,3)9-7-5-4-6-8-9;3*8-6-7-4-2-1-3-5-7;1-7-5-3-2-4-6-7;3*7-6-4-2-1-3-5-6;1-2-4-6-5-3-1/h2*4-8H,1-3H3;3*1-5H;2-6H,1H3;3*1-5H;1-6H. The molecule has 0 fully saturated rings. The van der Waals surface area contributed by atoms with Gasteiger partial charge >= 0.3 is 0 Å². The van der Waals surface area contributed by atoms with Gasteiger partial charge in [0.1, 0.15) is 17.5 Å². The highest BCUT2D eigenvalue weighted by molar-refractivity contribution is 6.89. The van der Waals surface area contributed by atoms with Crippen molar-refractivity contribution in [2.75, 3.05) is 0 Å². The van der Waals surface area contributed by atoms with Crippen LogP contribution in [0.1, 0.15) is 22.3 Å². The van der Waals surface area contributed by atoms with Gasteiger partial charge in [-0.05, 0) is 79.7 Å². The minimum atomic E-state index is -1.03. The number of hydrogen-bond donors (Lipinski definition) is 0. The van der Waals surface area contributed by atoms with Crippen LogP contribution in [-0.2, 0) is 0 Å². The van der Waals surface area contributed by atoms with E-state index in [1.54, 1.807) is 91.0 Å². The highest BCUT2D eigenvalue weighted by Crippen LogP contribution is 2.02. The Morgan fingerprint density at radius 1 is 0.244 bits per heavy atom. The molecule has 0 spiro atoms. The highest BCUT2D eigenvalue weighted by Gasteiger charge is 2.15. The van der Waals surface area contributed by atoms with Crippen molar-refractivity contribution in [2.24, 2.45) is 0 Å². The van der Waals surface area contributed by atoms with Crippen LogP contribution in [0.2, 0.25) is 39.3 Å². The van der Waals surface area contributed by atoms with Crippen LogP contribution in [0.4, 0.5) is 13.2 Å². The van der Waals surface area contributed by atoms with E-state index in [4.69, 9.17) is 15.8 Å². The fraction of sp³-hybridized carbons (Fsp3) is 0.100. The van der Waals surface area contributed by atoms with Gasteiger partial charge in [-0.25, -0.2) is 13.2 Å². The lowest BCUT2D eigenvalue weighted by Gasteiger charge is -2.15. The van der Waals surface area contributed by atoms with Crippen molar-refractivity contribution in [1.29, 1.82) is 15.8 Å². The Morgan fingerprint density at radius 3 is 0.500 bits per heavy atom. The Balaban J connectivity index is 0.000000435. The van der Waals surface area contributed by atoms with E-state index in [9.17, 15) is 13.2 Å². The van der Waals surface area contributed by atoms with E-state index in [-0.39, 0.29) is 17.5 Å². The molecule has 0 heterocycles. The highest BCUT2D eigenvalue weighted by atomic mass is 28.3. The summed E-state index contributed by atoms with van der Waals surface area (Å²) in [6, 6.07) is 101. The van der Waals surface area contributed by atoms with Gasteiger partial charge in [0.2, 0.25) is 0 Å². The van der Waals surface area contributed by atoms with Crippen LogP contribution in [0.5, 0.6) is 0 Å². The van der Waals surface area contributed by atoms with E-state index >= 15 is 0 Å². The van der Waals surface area contributed by atoms with Gasteiger partial charge in [0.15, 0.2) is 0 Å². The molecule has 0 amide bonds. The maximum Gasteiger partial charge on any atom is 0.123 e. The minimum absolute atomic E-state index is 0.178. The van der Waals surface area contributed by atoms with Crippen molar-refractivity contribution in [1.82, 2.24) is 0 Å². The molecule has 396 valence electrons. The van der Waals surface area contributed by atoms with E-state index in [1.807, 2.05) is 127 Å². The molecule has 0 N–H and O–H groups in total. The van der Waals surface area contributed by atoms with Crippen LogP contribution in [0.3, 0.4) is 0 Å². The second-order valence-corrected chi connectivity index (χ2v) is 28.5. The summed E-state index contributed by atoms with van der Waals surface area (Å²) < 4.78 is 35.7. The first-order valence-electron chi connectivity index (χ1n) is 25.2. The number of hydrogen-bond acceptors (Lipinski definition) is 3. The van der Waals surface area contributed by atoms with Crippen molar-refractivity contribution in [3.05, 3.63) is 349 Å². The van der Waals surface area contributed by atoms with Crippen LogP contribution in [0.15, 0.2) is 309 Å². The first-order chi connectivity index (χ1) is 37.6. The zero-order valence-corrected chi connectivity index (χ0v) is 47.9. The Bertz CT molecular complexity index is 2700. The molecule has 0 aliphatic rings. The molecule has 0 aliphatic heterocycles. The van der Waals surface area contributed by atoms with Crippen molar-refractivity contribution in [3.8, 4) is 18.2 Å². The van der Waals surface area contributed by atoms with Crippen LogP contribution < -0.4 is 10.4 Å². The van der Waals surface area contributed by atoms with Crippen molar-refractivity contribution in [3.63, 3.8) is 0 Å². The molecule has 10 rings (SSSR count). The van der Waals surface area contributed by atoms with Gasteiger partial charge in [-0.15, -0.1) is 0 Å². The third kappa shape index (κ3) is 38.5. The molecule has 8 heteroatoms. The molecule has 0 atom stereocenters. The quantitative estimate of drug-likeness (QED) is 0.162. The molecule has 3 nitrogen and oxygen atoms in total. The molecular formula is C70H72F3N3Si2. The van der Waals surface area contributed by atoms with Crippen LogP contribution in [-0.4, -0.2) is 16.1 Å². The number of rotatable bonds is 2. The Hall–Kier alpha value is -9.11. The zero-order valence-electron chi connectivity index (χ0n) is 45.9. The van der Waals surface area contributed by atoms with Crippen LogP contribution >= 0.6 is 0 Å². The molecular weight excluding hydrogens is 996 g/mol. The van der Waals surface area contributed by atoms with E-state index in [0.717, 1.165) is 0 Å². The first kappa shape index (κ1) is 66.9.